The van der Waals surface area contributed by atoms with Crippen LogP contribution in [0.4, 0.5) is 5.82 Å². The molecular formula is C19H22N8. The molecule has 1 fully saturated rings. The third-order valence-corrected chi connectivity index (χ3v) is 5.11. The van der Waals surface area contributed by atoms with Gasteiger partial charge in [-0.15, -0.1) is 0 Å². The lowest BCUT2D eigenvalue weighted by molar-refractivity contribution is 0.457. The number of aliphatic imine (C=N–C) groups is 1. The molecule has 1 aliphatic heterocycles. The van der Waals surface area contributed by atoms with Crippen LogP contribution in [0.25, 0.3) is 10.9 Å². The molecule has 138 valence electrons. The molecule has 4 heterocycles. The van der Waals surface area contributed by atoms with Crippen molar-refractivity contribution in [2.24, 2.45) is 10.7 Å². The summed E-state index contributed by atoms with van der Waals surface area (Å²) in [4.78, 5) is 14.3. The van der Waals surface area contributed by atoms with E-state index in [1.165, 1.54) is 18.5 Å². The molecule has 0 bridgehead atoms. The highest BCUT2D eigenvalue weighted by molar-refractivity contribution is 5.93. The number of nitrogens with one attached hydrogen (secondary N) is 3. The topological polar surface area (TPSA) is 111 Å². The highest BCUT2D eigenvalue weighted by atomic mass is 15.4. The molecule has 0 spiro atoms. The van der Waals surface area contributed by atoms with Crippen LogP contribution in [0.3, 0.4) is 0 Å². The quantitative estimate of drug-likeness (QED) is 0.557. The summed E-state index contributed by atoms with van der Waals surface area (Å²) in [6.45, 7) is 2.07. The number of aromatic nitrogens is 4. The molecule has 5 rings (SSSR count). The molecule has 3 aromatic rings. The van der Waals surface area contributed by atoms with Crippen molar-refractivity contribution in [3.63, 3.8) is 0 Å². The van der Waals surface area contributed by atoms with Gasteiger partial charge >= 0.3 is 0 Å². The molecule has 3 aromatic heterocycles. The number of fused-ring (bicyclic) bond motifs is 1. The largest absolute Gasteiger partial charge is 0.384 e. The Morgan fingerprint density at radius 1 is 1.33 bits per heavy atom. The van der Waals surface area contributed by atoms with Gasteiger partial charge < -0.3 is 10.7 Å². The van der Waals surface area contributed by atoms with Crippen LogP contribution < -0.4 is 16.0 Å². The molecule has 1 saturated carbocycles. The molecule has 5 N–H and O–H groups in total. The summed E-state index contributed by atoms with van der Waals surface area (Å²) in [5.74, 6) is 1.95. The van der Waals surface area contributed by atoms with Gasteiger partial charge in [0.2, 0.25) is 0 Å². The number of nitrogens with zero attached hydrogens (tertiary/aromatic N) is 4. The van der Waals surface area contributed by atoms with E-state index in [0.717, 1.165) is 22.4 Å². The Kier molecular flexibility index (Phi) is 3.71. The fourth-order valence-corrected chi connectivity index (χ4v) is 3.38. The zero-order chi connectivity index (χ0) is 18.4. The first-order valence-electron chi connectivity index (χ1n) is 9.21. The SMILES string of the molecule is CC(NC1N=C(N)C=CN1c1cc(C2CC2)[nH]n1)c1cc2cc[nH]c2cn1. The number of H-pyrrole nitrogens is 2. The Hall–Kier alpha value is -3.13. The van der Waals surface area contributed by atoms with Crippen molar-refractivity contribution in [1.82, 2.24) is 25.5 Å². The number of amidine groups is 1. The van der Waals surface area contributed by atoms with E-state index >= 15 is 0 Å². The minimum Gasteiger partial charge on any atom is -0.384 e. The van der Waals surface area contributed by atoms with Crippen LogP contribution in [-0.2, 0) is 0 Å². The van der Waals surface area contributed by atoms with Gasteiger partial charge in [0.15, 0.2) is 12.1 Å². The molecule has 2 aliphatic rings. The van der Waals surface area contributed by atoms with Crippen LogP contribution in [0.2, 0.25) is 0 Å². The molecule has 2 unspecified atom stereocenters. The minimum absolute atomic E-state index is 0.0123. The lowest BCUT2D eigenvalue weighted by atomic mass is 10.2. The Labute approximate surface area is 156 Å². The van der Waals surface area contributed by atoms with Gasteiger partial charge in [-0.25, -0.2) is 4.99 Å². The first kappa shape index (κ1) is 16.1. The van der Waals surface area contributed by atoms with Crippen LogP contribution in [-0.4, -0.2) is 32.3 Å². The van der Waals surface area contributed by atoms with E-state index < -0.39 is 0 Å². The van der Waals surface area contributed by atoms with Crippen LogP contribution >= 0.6 is 0 Å². The number of hydrogen-bond acceptors (Lipinski definition) is 6. The number of anilines is 1. The summed E-state index contributed by atoms with van der Waals surface area (Å²) in [6.07, 6.45) is 9.60. The number of pyridine rings is 1. The monoisotopic (exact) mass is 362 g/mol. The molecule has 8 nitrogen and oxygen atoms in total. The normalized spacial score (nSPS) is 20.9. The van der Waals surface area contributed by atoms with E-state index in [2.05, 4.69) is 49.5 Å². The van der Waals surface area contributed by atoms with Crippen molar-refractivity contribution in [1.29, 1.82) is 0 Å². The van der Waals surface area contributed by atoms with Gasteiger partial charge in [-0.05, 0) is 38.0 Å². The van der Waals surface area contributed by atoms with E-state index in [4.69, 9.17) is 5.73 Å². The van der Waals surface area contributed by atoms with Crippen LogP contribution in [0, 0.1) is 0 Å². The lowest BCUT2D eigenvalue weighted by Gasteiger charge is -2.31. The number of hydrogen-bond donors (Lipinski definition) is 4. The van der Waals surface area contributed by atoms with Crippen molar-refractivity contribution in [3.05, 3.63) is 54.3 Å². The fraction of sp³-hybridized carbons (Fsp3) is 0.316. The predicted octanol–water partition coefficient (Wildman–Crippen LogP) is 2.49. The maximum atomic E-state index is 5.95. The smallest absolute Gasteiger partial charge is 0.184 e. The average molecular weight is 362 g/mol. The van der Waals surface area contributed by atoms with Crippen LogP contribution in [0.15, 0.2) is 47.9 Å². The van der Waals surface area contributed by atoms with E-state index in [-0.39, 0.29) is 12.3 Å². The van der Waals surface area contributed by atoms with Gasteiger partial charge in [0.05, 0.1) is 23.4 Å². The molecular weight excluding hydrogens is 340 g/mol. The maximum absolute atomic E-state index is 5.95. The Morgan fingerprint density at radius 2 is 2.22 bits per heavy atom. The van der Waals surface area contributed by atoms with Gasteiger partial charge in [0.1, 0.15) is 5.84 Å². The zero-order valence-corrected chi connectivity index (χ0v) is 15.1. The average Bonchev–Trinajstić information content (AvgIpc) is 3.21. The summed E-state index contributed by atoms with van der Waals surface area (Å²) in [6, 6.07) is 6.21. The molecule has 0 aromatic carbocycles. The number of aromatic amines is 2. The van der Waals surface area contributed by atoms with Crippen LogP contribution in [0.1, 0.15) is 43.1 Å². The van der Waals surface area contributed by atoms with Gasteiger partial charge in [-0.2, -0.15) is 5.10 Å². The van der Waals surface area contributed by atoms with E-state index in [0.29, 0.717) is 11.8 Å². The van der Waals surface area contributed by atoms with Crippen molar-refractivity contribution in [3.8, 4) is 0 Å². The number of rotatable bonds is 5. The fourth-order valence-electron chi connectivity index (χ4n) is 3.38. The first-order chi connectivity index (χ1) is 13.2. The van der Waals surface area contributed by atoms with Crippen LogP contribution in [0.5, 0.6) is 0 Å². The second kappa shape index (κ2) is 6.24. The summed E-state index contributed by atoms with van der Waals surface area (Å²) >= 11 is 0. The summed E-state index contributed by atoms with van der Waals surface area (Å²) in [5, 5.41) is 12.3. The summed E-state index contributed by atoms with van der Waals surface area (Å²) in [7, 11) is 0. The van der Waals surface area contributed by atoms with Gasteiger partial charge in [-0.3, -0.25) is 20.3 Å². The Balaban J connectivity index is 1.38. The molecule has 27 heavy (non-hydrogen) atoms. The van der Waals surface area contributed by atoms with Gasteiger partial charge in [0, 0.05) is 35.5 Å². The maximum Gasteiger partial charge on any atom is 0.184 e. The molecule has 0 radical (unpaired) electrons. The standard InChI is InChI=1S/C19H22N8/c1-11(14-8-13-4-6-21-16(13)10-22-14)23-19-24-17(20)5-7-27(19)18-9-15(25-26-18)12-2-3-12/h4-12,19,21,23H,2-3H2,1H3,(H2,20,24)(H,25,26). The summed E-state index contributed by atoms with van der Waals surface area (Å²) < 4.78 is 0. The van der Waals surface area contributed by atoms with Crippen molar-refractivity contribution >= 4 is 22.6 Å². The van der Waals surface area contributed by atoms with Crippen molar-refractivity contribution in [2.75, 3.05) is 4.90 Å². The van der Waals surface area contributed by atoms with E-state index in [1.807, 2.05) is 29.6 Å². The Morgan fingerprint density at radius 3 is 3.07 bits per heavy atom. The lowest BCUT2D eigenvalue weighted by Crippen LogP contribution is -2.46. The van der Waals surface area contributed by atoms with E-state index in [1.54, 1.807) is 6.08 Å². The first-order valence-corrected chi connectivity index (χ1v) is 9.21. The molecule has 0 saturated heterocycles. The van der Waals surface area contributed by atoms with Gasteiger partial charge in [0.25, 0.3) is 0 Å². The molecule has 8 heteroatoms. The summed E-state index contributed by atoms with van der Waals surface area (Å²) in [5.41, 5.74) is 9.12. The zero-order valence-electron chi connectivity index (χ0n) is 15.1. The third-order valence-electron chi connectivity index (χ3n) is 5.11. The molecule has 0 amide bonds. The highest BCUT2D eigenvalue weighted by Crippen LogP contribution is 2.40. The second-order valence-electron chi connectivity index (χ2n) is 7.17. The number of nitrogens with two attached hydrogens (primary N) is 1. The molecule has 1 aliphatic carbocycles. The molecule has 2 atom stereocenters. The van der Waals surface area contributed by atoms with Crippen molar-refractivity contribution in [2.45, 2.75) is 38.0 Å². The van der Waals surface area contributed by atoms with Crippen molar-refractivity contribution < 1.29 is 0 Å². The Bertz CT molecular complexity index is 1030. The minimum atomic E-state index is -0.343. The van der Waals surface area contributed by atoms with Gasteiger partial charge in [-0.1, -0.05) is 0 Å². The predicted molar refractivity (Wildman–Crippen MR) is 105 cm³/mol. The van der Waals surface area contributed by atoms with E-state index in [9.17, 15) is 0 Å². The second-order valence-corrected chi connectivity index (χ2v) is 7.17. The third kappa shape index (κ3) is 3.08. The highest BCUT2D eigenvalue weighted by Gasteiger charge is 2.28.